The normalized spacial score (nSPS) is 11.1. The minimum absolute atomic E-state index is 0.617. The molecule has 0 amide bonds. The molecule has 1 aromatic heterocycles. The predicted molar refractivity (Wildman–Crippen MR) is 78.2 cm³/mol. The lowest BCUT2D eigenvalue weighted by Gasteiger charge is -2.24. The number of nitrogen functional groups attached to an aromatic ring is 1. The Balaban J connectivity index is 2.31. The fraction of sp³-hybridized carbons (Fsp3) is 0.571. The van der Waals surface area contributed by atoms with E-state index in [4.69, 9.17) is 10.4 Å². The molecule has 0 saturated heterocycles. The van der Waals surface area contributed by atoms with E-state index in [0.717, 1.165) is 24.3 Å². The van der Waals surface area contributed by atoms with Gasteiger partial charge in [0.15, 0.2) is 11.0 Å². The summed E-state index contributed by atoms with van der Waals surface area (Å²) in [4.78, 5) is 2.36. The molecule has 0 aliphatic rings. The van der Waals surface area contributed by atoms with Gasteiger partial charge in [0.1, 0.15) is 0 Å². The molecule has 19 heavy (non-hydrogen) atoms. The number of nitrogens with zero attached hydrogens (tertiary/aromatic N) is 3. The maximum atomic E-state index is 5.89. The van der Waals surface area contributed by atoms with Crippen molar-refractivity contribution < 1.29 is 4.63 Å². The Morgan fingerprint density at radius 2 is 1.68 bits per heavy atom. The summed E-state index contributed by atoms with van der Waals surface area (Å²) in [5, 5.41) is 7.89. The van der Waals surface area contributed by atoms with Crippen LogP contribution in [0.1, 0.15) is 39.5 Å². The molecule has 0 atom stereocenters. The molecule has 104 valence electrons. The number of anilines is 2. The van der Waals surface area contributed by atoms with Crippen LogP contribution in [-0.2, 0) is 0 Å². The summed E-state index contributed by atoms with van der Waals surface area (Å²) < 4.78 is 4.84. The maximum absolute atomic E-state index is 5.89. The van der Waals surface area contributed by atoms with Crippen molar-refractivity contribution in [2.24, 2.45) is 0 Å². The van der Waals surface area contributed by atoms with Gasteiger partial charge in [0.2, 0.25) is 0 Å². The summed E-state index contributed by atoms with van der Waals surface area (Å²) in [6, 6.07) is 3.90. The number of hydrogen-bond donors (Lipinski definition) is 1. The third kappa shape index (κ3) is 2.97. The molecule has 5 nitrogen and oxygen atoms in total. The van der Waals surface area contributed by atoms with Crippen molar-refractivity contribution in [3.8, 4) is 0 Å². The molecule has 5 heteroatoms. The van der Waals surface area contributed by atoms with Crippen LogP contribution in [0, 0.1) is 0 Å². The monoisotopic (exact) mass is 262 g/mol. The number of unbranched alkanes of at least 4 members (excludes halogenated alkanes) is 2. The fourth-order valence-corrected chi connectivity index (χ4v) is 2.18. The predicted octanol–water partition coefficient (Wildman–Crippen LogP) is 3.21. The lowest BCUT2D eigenvalue weighted by Crippen LogP contribution is -2.25. The molecule has 0 fully saturated rings. The summed E-state index contributed by atoms with van der Waals surface area (Å²) >= 11 is 0. The molecule has 0 aliphatic carbocycles. The average molecular weight is 262 g/mol. The van der Waals surface area contributed by atoms with Crippen molar-refractivity contribution in [3.05, 3.63) is 12.1 Å². The molecule has 0 spiro atoms. The Morgan fingerprint density at radius 3 is 2.32 bits per heavy atom. The number of hydrogen-bond acceptors (Lipinski definition) is 5. The minimum atomic E-state index is 0.617. The Labute approximate surface area is 113 Å². The van der Waals surface area contributed by atoms with Crippen LogP contribution >= 0.6 is 0 Å². The molecular formula is C14H22N4O. The van der Waals surface area contributed by atoms with Gasteiger partial charge < -0.3 is 10.6 Å². The first-order valence-electron chi connectivity index (χ1n) is 7.03. The topological polar surface area (TPSA) is 68.2 Å². The molecule has 1 heterocycles. The van der Waals surface area contributed by atoms with E-state index in [1.54, 1.807) is 0 Å². The molecular weight excluding hydrogens is 240 g/mol. The van der Waals surface area contributed by atoms with E-state index in [-0.39, 0.29) is 0 Å². The molecule has 2 aromatic rings. The standard InChI is InChI=1S/C14H22N4O/c1-3-5-9-18(10-6-4-2)12-8-7-11(15)13-14(12)17-19-16-13/h7-8H,3-6,9-10,15H2,1-2H3. The zero-order chi connectivity index (χ0) is 13.7. The summed E-state index contributed by atoms with van der Waals surface area (Å²) in [7, 11) is 0. The fourth-order valence-electron chi connectivity index (χ4n) is 2.18. The van der Waals surface area contributed by atoms with Gasteiger partial charge in [-0.05, 0) is 35.3 Å². The van der Waals surface area contributed by atoms with E-state index in [9.17, 15) is 0 Å². The Kier molecular flexibility index (Phi) is 4.60. The molecule has 2 rings (SSSR count). The highest BCUT2D eigenvalue weighted by Gasteiger charge is 2.15. The van der Waals surface area contributed by atoms with Crippen LogP contribution in [0.15, 0.2) is 16.8 Å². The first kappa shape index (κ1) is 13.6. The van der Waals surface area contributed by atoms with Crippen LogP contribution < -0.4 is 10.6 Å². The van der Waals surface area contributed by atoms with Crippen molar-refractivity contribution in [2.75, 3.05) is 23.7 Å². The van der Waals surface area contributed by atoms with Gasteiger partial charge in [0, 0.05) is 13.1 Å². The quantitative estimate of drug-likeness (QED) is 0.776. The highest BCUT2D eigenvalue weighted by molar-refractivity contribution is 5.95. The number of rotatable bonds is 7. The van der Waals surface area contributed by atoms with E-state index in [1.165, 1.54) is 25.7 Å². The molecule has 0 saturated carbocycles. The molecule has 1 aromatic carbocycles. The van der Waals surface area contributed by atoms with E-state index < -0.39 is 0 Å². The zero-order valence-corrected chi connectivity index (χ0v) is 11.7. The molecule has 0 radical (unpaired) electrons. The summed E-state index contributed by atoms with van der Waals surface area (Å²) in [6.45, 7) is 6.47. The number of fused-ring (bicyclic) bond motifs is 1. The van der Waals surface area contributed by atoms with E-state index in [0.29, 0.717) is 11.2 Å². The summed E-state index contributed by atoms with van der Waals surface area (Å²) in [5.74, 6) is 0. The van der Waals surface area contributed by atoms with Crippen LogP contribution in [0.5, 0.6) is 0 Å². The van der Waals surface area contributed by atoms with E-state index in [1.807, 2.05) is 12.1 Å². The third-order valence-electron chi connectivity index (χ3n) is 3.33. The van der Waals surface area contributed by atoms with Gasteiger partial charge in [-0.2, -0.15) is 0 Å². The van der Waals surface area contributed by atoms with Crippen molar-refractivity contribution in [2.45, 2.75) is 39.5 Å². The van der Waals surface area contributed by atoms with Gasteiger partial charge in [0.25, 0.3) is 0 Å². The van der Waals surface area contributed by atoms with Gasteiger partial charge >= 0.3 is 0 Å². The first-order valence-corrected chi connectivity index (χ1v) is 7.03. The van der Waals surface area contributed by atoms with Crippen LogP contribution in [0.3, 0.4) is 0 Å². The number of aromatic nitrogens is 2. The van der Waals surface area contributed by atoms with E-state index >= 15 is 0 Å². The highest BCUT2D eigenvalue weighted by Crippen LogP contribution is 2.28. The molecule has 0 unspecified atom stereocenters. The van der Waals surface area contributed by atoms with Crippen LogP contribution in [0.2, 0.25) is 0 Å². The first-order chi connectivity index (χ1) is 9.27. The van der Waals surface area contributed by atoms with Gasteiger partial charge in [-0.25, -0.2) is 4.63 Å². The second-order valence-corrected chi connectivity index (χ2v) is 4.83. The lowest BCUT2D eigenvalue weighted by atomic mass is 10.2. The van der Waals surface area contributed by atoms with Gasteiger partial charge in [-0.15, -0.1) is 0 Å². The summed E-state index contributed by atoms with van der Waals surface area (Å²) in [6.07, 6.45) is 4.69. The van der Waals surface area contributed by atoms with E-state index in [2.05, 4.69) is 29.1 Å². The largest absolute Gasteiger partial charge is 0.397 e. The lowest BCUT2D eigenvalue weighted by molar-refractivity contribution is 0.315. The zero-order valence-electron chi connectivity index (χ0n) is 11.7. The van der Waals surface area contributed by atoms with Crippen molar-refractivity contribution in [1.29, 1.82) is 0 Å². The van der Waals surface area contributed by atoms with Gasteiger partial charge in [-0.3, -0.25) is 0 Å². The highest BCUT2D eigenvalue weighted by atomic mass is 16.6. The minimum Gasteiger partial charge on any atom is -0.397 e. The van der Waals surface area contributed by atoms with Crippen LogP contribution in [-0.4, -0.2) is 23.4 Å². The van der Waals surface area contributed by atoms with Gasteiger partial charge in [-0.1, -0.05) is 26.7 Å². The van der Waals surface area contributed by atoms with Crippen molar-refractivity contribution >= 4 is 22.4 Å². The SMILES string of the molecule is CCCCN(CCCC)c1ccc(N)c2nonc12. The average Bonchev–Trinajstić information content (AvgIpc) is 2.90. The van der Waals surface area contributed by atoms with Crippen molar-refractivity contribution in [1.82, 2.24) is 10.3 Å². The second-order valence-electron chi connectivity index (χ2n) is 4.83. The van der Waals surface area contributed by atoms with Crippen LogP contribution in [0.25, 0.3) is 11.0 Å². The molecule has 0 aliphatic heterocycles. The smallest absolute Gasteiger partial charge is 0.160 e. The number of benzene rings is 1. The Bertz CT molecular complexity index is 515. The number of nitrogens with two attached hydrogens (primary N) is 1. The summed E-state index contributed by atoms with van der Waals surface area (Å²) in [5.41, 5.74) is 9.01. The second kappa shape index (κ2) is 6.41. The van der Waals surface area contributed by atoms with Gasteiger partial charge in [0.05, 0.1) is 11.4 Å². The molecule has 2 N–H and O–H groups in total. The van der Waals surface area contributed by atoms with Crippen LogP contribution in [0.4, 0.5) is 11.4 Å². The Hall–Kier alpha value is -1.78. The third-order valence-corrected chi connectivity index (χ3v) is 3.33. The maximum Gasteiger partial charge on any atom is 0.160 e. The Morgan fingerprint density at radius 1 is 1.05 bits per heavy atom. The molecule has 0 bridgehead atoms. The van der Waals surface area contributed by atoms with Crippen molar-refractivity contribution in [3.63, 3.8) is 0 Å².